The lowest BCUT2D eigenvalue weighted by Crippen LogP contribution is -2.64. The fourth-order valence-electron chi connectivity index (χ4n) is 6.72. The lowest BCUT2D eigenvalue weighted by atomic mass is 9.97. The molecule has 0 radical (unpaired) electrons. The highest BCUT2D eigenvalue weighted by Gasteiger charge is 2.52. The summed E-state index contributed by atoms with van der Waals surface area (Å²) in [6.07, 6.45) is 3.32. The molecule has 0 aromatic heterocycles. The van der Waals surface area contributed by atoms with Gasteiger partial charge in [0, 0.05) is 34.0 Å². The van der Waals surface area contributed by atoms with E-state index in [9.17, 15) is 0 Å². The standard InChI is InChI=1S/C38H55NO13/c1-40-25-48-29-15-11-14-28(43-23-22-42-27-13-4-3-12-26(27)39)34(29)47-24-30-35(50-31-16-5-8-19-44-31)36(51-32-17-6-9-20-45-32)37(38(41-2)49-30)52-33-18-7-10-21-46-33/h3-4,11-15,30-33,35-38H,5-10,16-25,39H2,1-2H3/t30?,31?,32?,33?,35-,36?,37?,38?/m1/s1. The Morgan fingerprint density at radius 1 is 0.615 bits per heavy atom. The molecule has 2 aromatic rings. The highest BCUT2D eigenvalue weighted by atomic mass is 16.8. The number of methoxy groups -OCH3 is 2. The maximum atomic E-state index is 6.78. The molecule has 14 nitrogen and oxygen atoms in total. The van der Waals surface area contributed by atoms with Crippen LogP contribution in [-0.4, -0.2) is 110 Å². The van der Waals surface area contributed by atoms with E-state index < -0.39 is 49.6 Å². The van der Waals surface area contributed by atoms with E-state index in [-0.39, 0.29) is 26.6 Å². The summed E-state index contributed by atoms with van der Waals surface area (Å²) in [7, 11) is 3.14. The smallest absolute Gasteiger partial charge is 0.203 e. The van der Waals surface area contributed by atoms with Crippen molar-refractivity contribution >= 4 is 5.69 Å². The van der Waals surface area contributed by atoms with Crippen molar-refractivity contribution in [1.82, 2.24) is 0 Å². The molecule has 0 amide bonds. The molecule has 0 bridgehead atoms. The van der Waals surface area contributed by atoms with Crippen molar-refractivity contribution in [2.24, 2.45) is 0 Å². The first-order valence-electron chi connectivity index (χ1n) is 18.6. The van der Waals surface area contributed by atoms with E-state index in [0.717, 1.165) is 57.8 Å². The number of rotatable bonds is 18. The minimum atomic E-state index is -0.821. The molecule has 8 atom stereocenters. The molecule has 14 heteroatoms. The van der Waals surface area contributed by atoms with E-state index in [2.05, 4.69) is 0 Å². The number of hydrogen-bond acceptors (Lipinski definition) is 14. The van der Waals surface area contributed by atoms with E-state index in [1.165, 1.54) is 0 Å². The maximum absolute atomic E-state index is 6.78. The summed E-state index contributed by atoms with van der Waals surface area (Å²) in [5, 5.41) is 0. The topological polar surface area (TPSA) is 146 Å². The fraction of sp³-hybridized carbons (Fsp3) is 0.684. The van der Waals surface area contributed by atoms with Gasteiger partial charge in [0.25, 0.3) is 0 Å². The summed E-state index contributed by atoms with van der Waals surface area (Å²) in [5.74, 6) is 1.83. The van der Waals surface area contributed by atoms with Crippen LogP contribution in [0.5, 0.6) is 23.0 Å². The van der Waals surface area contributed by atoms with E-state index in [1.807, 2.05) is 24.3 Å². The van der Waals surface area contributed by atoms with Gasteiger partial charge in [-0.3, -0.25) is 0 Å². The van der Waals surface area contributed by atoms with Crippen LogP contribution in [0.25, 0.3) is 0 Å². The Kier molecular flexibility index (Phi) is 15.3. The lowest BCUT2D eigenvalue weighted by Gasteiger charge is -2.48. The predicted octanol–water partition coefficient (Wildman–Crippen LogP) is 5.19. The number of benzene rings is 2. The van der Waals surface area contributed by atoms with Crippen LogP contribution in [0, 0.1) is 0 Å². The SMILES string of the molecule is COCOc1cccc(OCCOc2ccccc2N)c1OCC1OC(OC)C(OC2CCCCO2)C(OC2CCCCO2)[C@@H]1OC1CCCCO1. The Labute approximate surface area is 306 Å². The Morgan fingerprint density at radius 3 is 1.75 bits per heavy atom. The van der Waals surface area contributed by atoms with Crippen molar-refractivity contribution in [2.75, 3.05) is 66.4 Å². The average Bonchev–Trinajstić information content (AvgIpc) is 3.18. The molecule has 4 saturated heterocycles. The van der Waals surface area contributed by atoms with Gasteiger partial charge in [0.2, 0.25) is 5.75 Å². The second-order valence-corrected chi connectivity index (χ2v) is 13.1. The van der Waals surface area contributed by atoms with Gasteiger partial charge in [-0.15, -0.1) is 0 Å². The van der Waals surface area contributed by atoms with E-state index in [4.69, 9.17) is 67.3 Å². The molecule has 0 spiro atoms. The number of ether oxygens (including phenoxy) is 13. The average molecular weight is 734 g/mol. The molecule has 2 aromatic carbocycles. The minimum absolute atomic E-state index is 0.00615. The molecule has 7 unspecified atom stereocenters. The molecule has 0 saturated carbocycles. The van der Waals surface area contributed by atoms with Gasteiger partial charge in [-0.2, -0.15) is 0 Å². The van der Waals surface area contributed by atoms with Crippen LogP contribution in [0.4, 0.5) is 5.69 Å². The quantitative estimate of drug-likeness (QED) is 0.122. The van der Waals surface area contributed by atoms with Crippen LogP contribution in [0.2, 0.25) is 0 Å². The number of para-hydroxylation sites is 3. The summed E-state index contributed by atoms with van der Waals surface area (Å²) in [6.45, 7) is 2.35. The van der Waals surface area contributed by atoms with E-state index in [0.29, 0.717) is 48.5 Å². The molecule has 4 aliphatic heterocycles. The number of nitrogen functional groups attached to an aromatic ring is 1. The van der Waals surface area contributed by atoms with Crippen LogP contribution in [0.1, 0.15) is 57.8 Å². The summed E-state index contributed by atoms with van der Waals surface area (Å²) >= 11 is 0. The van der Waals surface area contributed by atoms with E-state index in [1.54, 1.807) is 32.4 Å². The summed E-state index contributed by atoms with van der Waals surface area (Å²) < 4.78 is 80.5. The van der Waals surface area contributed by atoms with E-state index >= 15 is 0 Å². The zero-order valence-electron chi connectivity index (χ0n) is 30.4. The molecule has 2 N–H and O–H groups in total. The molecule has 0 aliphatic carbocycles. The zero-order chi connectivity index (χ0) is 36.0. The van der Waals surface area contributed by atoms with Gasteiger partial charge in [-0.1, -0.05) is 18.2 Å². The number of anilines is 1. The first kappa shape index (κ1) is 38.8. The molecular formula is C38H55NO13. The largest absolute Gasteiger partial charge is 0.488 e. The minimum Gasteiger partial charge on any atom is -0.488 e. The van der Waals surface area contributed by atoms with Crippen LogP contribution in [-0.2, 0) is 42.6 Å². The van der Waals surface area contributed by atoms with Crippen LogP contribution >= 0.6 is 0 Å². The Hall–Kier alpha value is -2.92. The third-order valence-corrected chi connectivity index (χ3v) is 9.35. The zero-order valence-corrected chi connectivity index (χ0v) is 30.4. The van der Waals surface area contributed by atoms with Crippen LogP contribution in [0.3, 0.4) is 0 Å². The number of hydrogen-bond donors (Lipinski definition) is 1. The van der Waals surface area contributed by atoms with Gasteiger partial charge in [-0.25, -0.2) is 0 Å². The van der Waals surface area contributed by atoms with Crippen LogP contribution in [0.15, 0.2) is 42.5 Å². The Balaban J connectivity index is 1.23. The third-order valence-electron chi connectivity index (χ3n) is 9.35. The van der Waals surface area contributed by atoms with Crippen molar-refractivity contribution in [2.45, 2.75) is 107 Å². The third kappa shape index (κ3) is 10.8. The van der Waals surface area contributed by atoms with Gasteiger partial charge in [0.05, 0.1) is 5.69 Å². The first-order valence-corrected chi connectivity index (χ1v) is 18.6. The summed E-state index contributed by atoms with van der Waals surface area (Å²) in [5.41, 5.74) is 6.59. The van der Waals surface area contributed by atoms with Gasteiger partial charge in [0.15, 0.2) is 43.5 Å². The highest BCUT2D eigenvalue weighted by Crippen LogP contribution is 2.40. The predicted molar refractivity (Wildman–Crippen MR) is 187 cm³/mol. The van der Waals surface area contributed by atoms with Gasteiger partial charge in [-0.05, 0) is 82.1 Å². The summed E-state index contributed by atoms with van der Waals surface area (Å²) in [4.78, 5) is 0. The molecule has 4 fully saturated rings. The second kappa shape index (κ2) is 20.5. The lowest BCUT2D eigenvalue weighted by molar-refractivity contribution is -0.370. The second-order valence-electron chi connectivity index (χ2n) is 13.1. The monoisotopic (exact) mass is 733 g/mol. The normalized spacial score (nSPS) is 29.7. The highest BCUT2D eigenvalue weighted by molar-refractivity contribution is 5.52. The van der Waals surface area contributed by atoms with Crippen molar-refractivity contribution in [3.8, 4) is 23.0 Å². The van der Waals surface area contributed by atoms with Gasteiger partial charge >= 0.3 is 0 Å². The van der Waals surface area contributed by atoms with Crippen molar-refractivity contribution in [3.05, 3.63) is 42.5 Å². The summed E-state index contributed by atoms with van der Waals surface area (Å²) in [6, 6.07) is 12.7. The molecular weight excluding hydrogens is 678 g/mol. The molecule has 4 heterocycles. The molecule has 52 heavy (non-hydrogen) atoms. The Bertz CT molecular complexity index is 1320. The van der Waals surface area contributed by atoms with Crippen LogP contribution < -0.4 is 24.7 Å². The maximum Gasteiger partial charge on any atom is 0.203 e. The van der Waals surface area contributed by atoms with Crippen molar-refractivity contribution in [1.29, 1.82) is 0 Å². The fourth-order valence-corrected chi connectivity index (χ4v) is 6.72. The Morgan fingerprint density at radius 2 is 1.17 bits per heavy atom. The number of nitrogens with two attached hydrogens (primary N) is 1. The van der Waals surface area contributed by atoms with Crippen molar-refractivity contribution < 1.29 is 61.6 Å². The molecule has 4 aliphatic rings. The van der Waals surface area contributed by atoms with Crippen molar-refractivity contribution in [3.63, 3.8) is 0 Å². The first-order chi connectivity index (χ1) is 25.6. The molecule has 6 rings (SSSR count). The van der Waals surface area contributed by atoms with Gasteiger partial charge < -0.3 is 67.3 Å². The van der Waals surface area contributed by atoms with Gasteiger partial charge in [0.1, 0.15) is 50.0 Å². The molecule has 290 valence electrons.